The zero-order valence-corrected chi connectivity index (χ0v) is 13.0. The number of hydrogen-bond donors (Lipinski definition) is 2. The molecule has 6 nitrogen and oxygen atoms in total. The summed E-state index contributed by atoms with van der Waals surface area (Å²) in [6.45, 7) is 0.896. The smallest absolute Gasteiger partial charge is 0.416 e. The molecule has 0 aliphatic heterocycles. The third-order valence-electron chi connectivity index (χ3n) is 3.15. The molecule has 0 aliphatic rings. The predicted molar refractivity (Wildman–Crippen MR) is 80.4 cm³/mol. The monoisotopic (exact) mass is 343 g/mol. The molecule has 1 heterocycles. The van der Waals surface area contributed by atoms with Crippen LogP contribution >= 0.6 is 0 Å². The lowest BCUT2D eigenvalue weighted by Gasteiger charge is -2.22. The van der Waals surface area contributed by atoms with Crippen molar-refractivity contribution in [1.29, 1.82) is 0 Å². The molecule has 1 unspecified atom stereocenters. The number of likely N-dealkylation sites (N-methyl/N-ethyl adjacent to an activating group) is 1. The molecule has 130 valence electrons. The zero-order valence-electron chi connectivity index (χ0n) is 13.0. The number of carbonyl (C=O) groups excluding carboxylic acids is 1. The fourth-order valence-corrected chi connectivity index (χ4v) is 1.88. The SMILES string of the molecule is Cc1coc(-c2cccc(NC(=O)N(C)CC(O)C(F)(F)F)c2)n1. The van der Waals surface area contributed by atoms with E-state index < -0.39 is 24.9 Å². The number of nitrogens with one attached hydrogen (secondary N) is 1. The van der Waals surface area contributed by atoms with E-state index in [1.165, 1.54) is 6.26 Å². The van der Waals surface area contributed by atoms with Gasteiger partial charge in [-0.2, -0.15) is 13.2 Å². The molecule has 1 aromatic heterocycles. The molecular weight excluding hydrogens is 327 g/mol. The molecule has 1 atom stereocenters. The lowest BCUT2D eigenvalue weighted by atomic mass is 10.2. The maximum Gasteiger partial charge on any atom is 0.416 e. The number of amides is 2. The second-order valence-electron chi connectivity index (χ2n) is 5.24. The van der Waals surface area contributed by atoms with Gasteiger partial charge in [0.1, 0.15) is 6.26 Å². The number of alkyl halides is 3. The lowest BCUT2D eigenvalue weighted by molar-refractivity contribution is -0.205. The number of rotatable bonds is 4. The molecule has 0 aliphatic carbocycles. The highest BCUT2D eigenvalue weighted by Gasteiger charge is 2.39. The number of hydrogen-bond acceptors (Lipinski definition) is 4. The maximum atomic E-state index is 12.3. The molecule has 0 saturated carbocycles. The Morgan fingerprint density at radius 1 is 1.46 bits per heavy atom. The number of aromatic nitrogens is 1. The maximum absolute atomic E-state index is 12.3. The number of nitrogens with zero attached hydrogens (tertiary/aromatic N) is 2. The van der Waals surface area contributed by atoms with E-state index in [9.17, 15) is 18.0 Å². The number of aliphatic hydroxyl groups is 1. The van der Waals surface area contributed by atoms with Crippen molar-refractivity contribution in [2.24, 2.45) is 0 Å². The molecule has 24 heavy (non-hydrogen) atoms. The van der Waals surface area contributed by atoms with Crippen molar-refractivity contribution >= 4 is 11.7 Å². The van der Waals surface area contributed by atoms with Crippen molar-refractivity contribution in [2.45, 2.75) is 19.2 Å². The fourth-order valence-electron chi connectivity index (χ4n) is 1.88. The third kappa shape index (κ3) is 4.48. The molecule has 0 spiro atoms. The van der Waals surface area contributed by atoms with Crippen LogP contribution in [0.4, 0.5) is 23.7 Å². The van der Waals surface area contributed by atoms with Gasteiger partial charge in [0, 0.05) is 18.3 Å². The summed E-state index contributed by atoms with van der Waals surface area (Å²) in [4.78, 5) is 16.8. The van der Waals surface area contributed by atoms with Gasteiger partial charge >= 0.3 is 12.2 Å². The first-order valence-corrected chi connectivity index (χ1v) is 6.96. The van der Waals surface area contributed by atoms with Crippen molar-refractivity contribution in [3.63, 3.8) is 0 Å². The summed E-state index contributed by atoms with van der Waals surface area (Å²) in [7, 11) is 1.16. The average Bonchev–Trinajstić information content (AvgIpc) is 2.93. The van der Waals surface area contributed by atoms with E-state index in [2.05, 4.69) is 10.3 Å². The Hall–Kier alpha value is -2.55. The summed E-state index contributed by atoms with van der Waals surface area (Å²) in [6.07, 6.45) is -5.90. The Morgan fingerprint density at radius 3 is 2.75 bits per heavy atom. The molecule has 0 saturated heterocycles. The molecule has 2 amide bonds. The summed E-state index contributed by atoms with van der Waals surface area (Å²) in [5.74, 6) is 0.365. The molecule has 2 N–H and O–H groups in total. The van der Waals surface area contributed by atoms with Crippen LogP contribution in [-0.2, 0) is 0 Å². The summed E-state index contributed by atoms with van der Waals surface area (Å²) >= 11 is 0. The highest BCUT2D eigenvalue weighted by Crippen LogP contribution is 2.23. The second-order valence-corrected chi connectivity index (χ2v) is 5.24. The minimum absolute atomic E-state index is 0.363. The van der Waals surface area contributed by atoms with Crippen LogP contribution in [-0.4, -0.2) is 46.9 Å². The van der Waals surface area contributed by atoms with Gasteiger partial charge in [0.2, 0.25) is 5.89 Å². The molecule has 9 heteroatoms. The van der Waals surface area contributed by atoms with Crippen molar-refractivity contribution in [2.75, 3.05) is 18.9 Å². The van der Waals surface area contributed by atoms with E-state index in [1.807, 2.05) is 0 Å². The molecule has 2 rings (SSSR count). The number of aryl methyl sites for hydroxylation is 1. The first-order chi connectivity index (χ1) is 11.2. The number of urea groups is 1. The van der Waals surface area contributed by atoms with Crippen LogP contribution in [0.1, 0.15) is 5.69 Å². The Morgan fingerprint density at radius 2 is 2.17 bits per heavy atom. The number of oxazole rings is 1. The number of aliphatic hydroxyl groups excluding tert-OH is 1. The van der Waals surface area contributed by atoms with E-state index in [0.717, 1.165) is 11.9 Å². The topological polar surface area (TPSA) is 78.6 Å². The fraction of sp³-hybridized carbons (Fsp3) is 0.333. The normalized spacial score (nSPS) is 12.8. The van der Waals surface area contributed by atoms with Crippen LogP contribution < -0.4 is 5.32 Å². The number of halogens is 3. The highest BCUT2D eigenvalue weighted by atomic mass is 19.4. The number of anilines is 1. The molecular formula is C15H16F3N3O3. The van der Waals surface area contributed by atoms with Gasteiger partial charge in [-0.05, 0) is 25.1 Å². The zero-order chi connectivity index (χ0) is 17.9. The lowest BCUT2D eigenvalue weighted by Crippen LogP contribution is -2.43. The highest BCUT2D eigenvalue weighted by molar-refractivity contribution is 5.89. The van der Waals surface area contributed by atoms with E-state index in [0.29, 0.717) is 22.8 Å². The van der Waals surface area contributed by atoms with Crippen molar-refractivity contribution < 1.29 is 27.5 Å². The third-order valence-corrected chi connectivity index (χ3v) is 3.15. The van der Waals surface area contributed by atoms with E-state index in [1.54, 1.807) is 31.2 Å². The summed E-state index contributed by atoms with van der Waals surface area (Å²) in [5.41, 5.74) is 1.67. The molecule has 1 aromatic carbocycles. The van der Waals surface area contributed by atoms with Crippen molar-refractivity contribution in [3.8, 4) is 11.5 Å². The van der Waals surface area contributed by atoms with Crippen LogP contribution in [0.3, 0.4) is 0 Å². The van der Waals surface area contributed by atoms with E-state index in [-0.39, 0.29) is 0 Å². The second kappa shape index (κ2) is 6.91. The van der Waals surface area contributed by atoms with Gasteiger partial charge in [-0.1, -0.05) is 6.07 Å². The van der Waals surface area contributed by atoms with Gasteiger partial charge in [0.25, 0.3) is 0 Å². The van der Waals surface area contributed by atoms with Crippen molar-refractivity contribution in [1.82, 2.24) is 9.88 Å². The Balaban J connectivity index is 2.04. The predicted octanol–water partition coefficient (Wildman–Crippen LogP) is 3.04. The van der Waals surface area contributed by atoms with Gasteiger partial charge in [0.15, 0.2) is 6.10 Å². The Labute approximate surface area is 135 Å². The van der Waals surface area contributed by atoms with E-state index in [4.69, 9.17) is 9.52 Å². The Kier molecular flexibility index (Phi) is 5.13. The van der Waals surface area contributed by atoms with Crippen LogP contribution in [0.2, 0.25) is 0 Å². The first-order valence-electron chi connectivity index (χ1n) is 6.96. The van der Waals surface area contributed by atoms with Crippen LogP contribution in [0.15, 0.2) is 34.9 Å². The van der Waals surface area contributed by atoms with Gasteiger partial charge in [-0.15, -0.1) is 0 Å². The number of benzene rings is 1. The number of carbonyl (C=O) groups is 1. The van der Waals surface area contributed by atoms with E-state index >= 15 is 0 Å². The average molecular weight is 343 g/mol. The van der Waals surface area contributed by atoms with Crippen LogP contribution in [0.25, 0.3) is 11.5 Å². The van der Waals surface area contributed by atoms with Crippen LogP contribution in [0, 0.1) is 6.92 Å². The van der Waals surface area contributed by atoms with Crippen molar-refractivity contribution in [3.05, 3.63) is 36.2 Å². The molecule has 0 radical (unpaired) electrons. The molecule has 0 bridgehead atoms. The Bertz CT molecular complexity index is 715. The van der Waals surface area contributed by atoms with Crippen LogP contribution in [0.5, 0.6) is 0 Å². The van der Waals surface area contributed by atoms with Gasteiger partial charge in [-0.3, -0.25) is 0 Å². The summed E-state index contributed by atoms with van der Waals surface area (Å²) < 4.78 is 42.2. The summed E-state index contributed by atoms with van der Waals surface area (Å²) in [5, 5.41) is 11.5. The van der Waals surface area contributed by atoms with Gasteiger partial charge in [0.05, 0.1) is 12.2 Å². The molecule has 2 aromatic rings. The minimum atomic E-state index is -4.78. The largest absolute Gasteiger partial charge is 0.444 e. The first kappa shape index (κ1) is 17.8. The van der Waals surface area contributed by atoms with Gasteiger partial charge in [-0.25, -0.2) is 9.78 Å². The minimum Gasteiger partial charge on any atom is -0.444 e. The van der Waals surface area contributed by atoms with Gasteiger partial charge < -0.3 is 19.7 Å². The standard InChI is InChI=1S/C15H16F3N3O3/c1-9-8-24-13(19-9)10-4-3-5-11(6-10)20-14(23)21(2)7-12(22)15(16,17)18/h3-6,8,12,22H,7H2,1-2H3,(H,20,23). The summed E-state index contributed by atoms with van der Waals surface area (Å²) in [6, 6.07) is 5.74. The quantitative estimate of drug-likeness (QED) is 0.894. The molecule has 0 fully saturated rings.